The molecule has 0 saturated heterocycles. The van der Waals surface area contributed by atoms with Gasteiger partial charge >= 0.3 is 0 Å². The number of carbonyl (C=O) groups excluding carboxylic acids is 1. The Morgan fingerprint density at radius 1 is 0.853 bits per heavy atom. The summed E-state index contributed by atoms with van der Waals surface area (Å²) in [6.07, 6.45) is 0.398. The van der Waals surface area contributed by atoms with Crippen LogP contribution in [0.5, 0.6) is 11.5 Å². The van der Waals surface area contributed by atoms with Crippen LogP contribution < -0.4 is 15.0 Å². The molecule has 4 rings (SSSR count). The number of nitrogens with zero attached hydrogens (tertiary/aromatic N) is 2. The van der Waals surface area contributed by atoms with Crippen LogP contribution in [0.15, 0.2) is 83.7 Å². The van der Waals surface area contributed by atoms with E-state index in [0.29, 0.717) is 29.2 Å². The fourth-order valence-corrected chi connectivity index (χ4v) is 3.89. The van der Waals surface area contributed by atoms with E-state index >= 15 is 0 Å². The molecule has 1 heterocycles. The summed E-state index contributed by atoms with van der Waals surface area (Å²) in [5.74, 6) is 0.825. The van der Waals surface area contributed by atoms with E-state index in [2.05, 4.69) is 4.98 Å². The molecule has 6 nitrogen and oxygen atoms in total. The Kier molecular flexibility index (Phi) is 7.09. The zero-order valence-electron chi connectivity index (χ0n) is 18.8. The molecule has 0 amide bonds. The molecule has 0 unspecified atom stereocenters. The molecule has 3 aromatic carbocycles. The molecule has 0 aliphatic heterocycles. The molecule has 0 saturated carbocycles. The summed E-state index contributed by atoms with van der Waals surface area (Å²) in [5, 5.41) is 0.119. The molecule has 0 radical (unpaired) electrons. The lowest BCUT2D eigenvalue weighted by molar-refractivity contribution is 0.103. The van der Waals surface area contributed by atoms with E-state index in [1.165, 1.54) is 4.57 Å². The Bertz CT molecular complexity index is 1350. The molecular weight excluding hydrogens is 452 g/mol. The van der Waals surface area contributed by atoms with Crippen LogP contribution in [-0.2, 0) is 13.0 Å². The summed E-state index contributed by atoms with van der Waals surface area (Å²) < 4.78 is 11.9. The number of methoxy groups -OCH3 is 2. The molecular formula is C27H23ClN2O4. The average Bonchev–Trinajstić information content (AvgIpc) is 2.88. The van der Waals surface area contributed by atoms with Gasteiger partial charge < -0.3 is 14.0 Å². The molecule has 0 spiro atoms. The minimum atomic E-state index is -0.496. The third kappa shape index (κ3) is 5.02. The van der Waals surface area contributed by atoms with E-state index in [1.54, 1.807) is 38.5 Å². The van der Waals surface area contributed by atoms with Crippen LogP contribution in [0.4, 0.5) is 0 Å². The first-order chi connectivity index (χ1) is 16.5. The zero-order chi connectivity index (χ0) is 24.1. The first-order valence-corrected chi connectivity index (χ1v) is 11.0. The van der Waals surface area contributed by atoms with Gasteiger partial charge in [-0.2, -0.15) is 0 Å². The number of benzene rings is 3. The maximum absolute atomic E-state index is 13.6. The molecule has 7 heteroatoms. The number of ether oxygens (including phenoxy) is 2. The largest absolute Gasteiger partial charge is 0.497 e. The Morgan fingerprint density at radius 2 is 1.44 bits per heavy atom. The van der Waals surface area contributed by atoms with Crippen LogP contribution in [0.25, 0.3) is 0 Å². The van der Waals surface area contributed by atoms with Crippen LogP contribution >= 0.6 is 11.6 Å². The summed E-state index contributed by atoms with van der Waals surface area (Å²) in [6.45, 7) is 0.232. The van der Waals surface area contributed by atoms with Crippen LogP contribution in [0.1, 0.15) is 32.9 Å². The number of hydrogen-bond donors (Lipinski definition) is 0. The van der Waals surface area contributed by atoms with Crippen molar-refractivity contribution in [2.24, 2.45) is 0 Å². The van der Waals surface area contributed by atoms with Crippen molar-refractivity contribution >= 4 is 17.4 Å². The first-order valence-electron chi connectivity index (χ1n) is 10.6. The van der Waals surface area contributed by atoms with Gasteiger partial charge in [-0.3, -0.25) is 9.59 Å². The number of ketones is 1. The van der Waals surface area contributed by atoms with E-state index in [1.807, 2.05) is 54.6 Å². The lowest BCUT2D eigenvalue weighted by Gasteiger charge is -2.16. The average molecular weight is 475 g/mol. The highest BCUT2D eigenvalue weighted by Crippen LogP contribution is 2.21. The zero-order valence-corrected chi connectivity index (χ0v) is 19.6. The predicted molar refractivity (Wildman–Crippen MR) is 131 cm³/mol. The van der Waals surface area contributed by atoms with Crippen molar-refractivity contribution in [1.82, 2.24) is 9.55 Å². The van der Waals surface area contributed by atoms with Gasteiger partial charge in [-0.25, -0.2) is 4.98 Å². The number of carbonyl (C=O) groups is 1. The lowest BCUT2D eigenvalue weighted by Crippen LogP contribution is -2.32. The van der Waals surface area contributed by atoms with Crippen LogP contribution in [0, 0.1) is 0 Å². The van der Waals surface area contributed by atoms with Crippen molar-refractivity contribution in [3.05, 3.63) is 122 Å². The maximum atomic E-state index is 13.6. The SMILES string of the molecule is COc1ccc(Cn2c(Cc3ccccc3)c(Cl)nc(C(=O)c3ccc(OC)cc3)c2=O)cc1. The third-order valence-electron chi connectivity index (χ3n) is 5.50. The number of hydrogen-bond acceptors (Lipinski definition) is 5. The molecule has 0 N–H and O–H groups in total. The van der Waals surface area contributed by atoms with Crippen molar-refractivity contribution in [3.8, 4) is 11.5 Å². The molecule has 4 aromatic rings. The third-order valence-corrected chi connectivity index (χ3v) is 5.81. The Labute approximate surface area is 202 Å². The summed E-state index contributed by atoms with van der Waals surface area (Å²) in [4.78, 5) is 31.0. The normalized spacial score (nSPS) is 10.7. The van der Waals surface area contributed by atoms with Crippen LogP contribution in [-0.4, -0.2) is 29.6 Å². The standard InChI is InChI=1S/C27H23ClN2O4/c1-33-21-12-8-19(9-13-21)17-30-23(16-18-6-4-3-5-7-18)26(28)29-24(27(30)32)25(31)20-10-14-22(34-2)15-11-20/h3-15H,16-17H2,1-2H3. The summed E-state index contributed by atoms with van der Waals surface area (Å²) in [5.41, 5.74) is 1.99. The molecule has 0 fully saturated rings. The van der Waals surface area contributed by atoms with Crippen molar-refractivity contribution < 1.29 is 14.3 Å². The first kappa shape index (κ1) is 23.3. The molecule has 34 heavy (non-hydrogen) atoms. The van der Waals surface area contributed by atoms with Gasteiger partial charge in [0, 0.05) is 12.0 Å². The number of rotatable bonds is 8. The van der Waals surface area contributed by atoms with Crippen molar-refractivity contribution in [2.75, 3.05) is 14.2 Å². The molecule has 0 aliphatic rings. The highest BCUT2D eigenvalue weighted by Gasteiger charge is 2.22. The monoisotopic (exact) mass is 474 g/mol. The van der Waals surface area contributed by atoms with Gasteiger partial charge in [0.25, 0.3) is 5.56 Å². The van der Waals surface area contributed by atoms with Crippen molar-refractivity contribution in [1.29, 1.82) is 0 Å². The topological polar surface area (TPSA) is 70.4 Å². The van der Waals surface area contributed by atoms with E-state index in [9.17, 15) is 9.59 Å². The van der Waals surface area contributed by atoms with Gasteiger partial charge in [-0.1, -0.05) is 54.1 Å². The van der Waals surface area contributed by atoms with Crippen LogP contribution in [0.3, 0.4) is 0 Å². The second kappa shape index (κ2) is 10.4. The highest BCUT2D eigenvalue weighted by molar-refractivity contribution is 6.30. The van der Waals surface area contributed by atoms with Gasteiger partial charge in [0.05, 0.1) is 26.5 Å². The second-order valence-corrected chi connectivity index (χ2v) is 8.02. The molecule has 172 valence electrons. The fourth-order valence-electron chi connectivity index (χ4n) is 3.64. The van der Waals surface area contributed by atoms with Gasteiger partial charge in [-0.05, 0) is 47.5 Å². The summed E-state index contributed by atoms with van der Waals surface area (Å²) in [6, 6.07) is 23.6. The second-order valence-electron chi connectivity index (χ2n) is 7.66. The maximum Gasteiger partial charge on any atom is 0.281 e. The minimum Gasteiger partial charge on any atom is -0.497 e. The van der Waals surface area contributed by atoms with Crippen molar-refractivity contribution in [3.63, 3.8) is 0 Å². The van der Waals surface area contributed by atoms with Crippen molar-refractivity contribution in [2.45, 2.75) is 13.0 Å². The van der Waals surface area contributed by atoms with E-state index < -0.39 is 11.3 Å². The highest BCUT2D eigenvalue weighted by atomic mass is 35.5. The molecule has 0 atom stereocenters. The summed E-state index contributed by atoms with van der Waals surface area (Å²) >= 11 is 6.59. The fraction of sp³-hybridized carbons (Fsp3) is 0.148. The Hall–Kier alpha value is -3.90. The summed E-state index contributed by atoms with van der Waals surface area (Å²) in [7, 11) is 3.14. The van der Waals surface area contributed by atoms with Gasteiger partial charge in [-0.15, -0.1) is 0 Å². The Morgan fingerprint density at radius 3 is 2.03 bits per heavy atom. The lowest BCUT2D eigenvalue weighted by atomic mass is 10.1. The van der Waals surface area contributed by atoms with Crippen LogP contribution in [0.2, 0.25) is 5.15 Å². The predicted octanol–water partition coefficient (Wildman–Crippen LogP) is 4.78. The van der Waals surface area contributed by atoms with Gasteiger partial charge in [0.2, 0.25) is 5.78 Å². The van der Waals surface area contributed by atoms with E-state index in [4.69, 9.17) is 21.1 Å². The molecule has 1 aromatic heterocycles. The molecule has 0 bridgehead atoms. The van der Waals surface area contributed by atoms with Gasteiger partial charge in [0.15, 0.2) is 5.69 Å². The molecule has 0 aliphatic carbocycles. The quantitative estimate of drug-likeness (QED) is 0.343. The van der Waals surface area contributed by atoms with E-state index in [0.717, 1.165) is 11.1 Å². The number of halogens is 1. The number of aromatic nitrogens is 2. The smallest absolute Gasteiger partial charge is 0.281 e. The Balaban J connectivity index is 1.80. The minimum absolute atomic E-state index is 0.119. The van der Waals surface area contributed by atoms with Gasteiger partial charge in [0.1, 0.15) is 16.7 Å². The van der Waals surface area contributed by atoms with E-state index in [-0.39, 0.29) is 17.4 Å².